The van der Waals surface area contributed by atoms with E-state index in [1.165, 1.54) is 0 Å². The molecule has 0 aliphatic rings. The molecule has 4 nitrogen and oxygen atoms in total. The Morgan fingerprint density at radius 1 is 0.852 bits per heavy atom. The zero-order valence-corrected chi connectivity index (χ0v) is 15.5. The van der Waals surface area contributed by atoms with Crippen molar-refractivity contribution in [2.24, 2.45) is 5.10 Å². The van der Waals surface area contributed by atoms with Gasteiger partial charge in [0.05, 0.1) is 12.3 Å². The van der Waals surface area contributed by atoms with E-state index in [1.54, 1.807) is 12.1 Å². The summed E-state index contributed by atoms with van der Waals surface area (Å²) in [6, 6.07) is 25.2. The van der Waals surface area contributed by atoms with E-state index in [1.807, 2.05) is 80.6 Å². The molecule has 0 aromatic heterocycles. The summed E-state index contributed by atoms with van der Waals surface area (Å²) in [5, 5.41) is 4.20. The summed E-state index contributed by atoms with van der Waals surface area (Å²) in [4.78, 5) is 12.3. The summed E-state index contributed by atoms with van der Waals surface area (Å²) < 4.78 is 5.43. The van der Waals surface area contributed by atoms with Gasteiger partial charge in [-0.3, -0.25) is 4.79 Å². The van der Waals surface area contributed by atoms with E-state index in [9.17, 15) is 4.79 Å². The molecular weight excluding hydrogens is 336 g/mol. The Labute approximate surface area is 159 Å². The fourth-order valence-electron chi connectivity index (χ4n) is 2.67. The molecule has 3 rings (SSSR count). The number of ether oxygens (including phenoxy) is 1. The molecule has 0 unspecified atom stereocenters. The Balaban J connectivity index is 1.65. The van der Waals surface area contributed by atoms with Crippen LogP contribution in [0.25, 0.3) is 11.1 Å². The minimum atomic E-state index is -0.236. The van der Waals surface area contributed by atoms with Gasteiger partial charge in [0.25, 0.3) is 5.91 Å². The Morgan fingerprint density at radius 2 is 1.44 bits per heavy atom. The van der Waals surface area contributed by atoms with E-state index in [0.29, 0.717) is 12.2 Å². The molecule has 1 N–H and O–H groups in total. The first-order chi connectivity index (χ1) is 13.2. The molecule has 27 heavy (non-hydrogen) atoms. The Hall–Kier alpha value is -3.40. The number of rotatable bonds is 6. The van der Waals surface area contributed by atoms with Gasteiger partial charge in [0.2, 0.25) is 0 Å². The molecule has 0 bridgehead atoms. The van der Waals surface area contributed by atoms with Crippen LogP contribution < -0.4 is 10.2 Å². The molecule has 0 saturated heterocycles. The lowest BCUT2D eigenvalue weighted by Crippen LogP contribution is -2.19. The lowest BCUT2D eigenvalue weighted by molar-refractivity contribution is 0.0955. The van der Waals surface area contributed by atoms with Gasteiger partial charge in [0.15, 0.2) is 0 Å². The average Bonchev–Trinajstić information content (AvgIpc) is 2.73. The highest BCUT2D eigenvalue weighted by Crippen LogP contribution is 2.19. The zero-order valence-electron chi connectivity index (χ0n) is 15.5. The summed E-state index contributed by atoms with van der Waals surface area (Å²) in [5.74, 6) is 0.580. The number of carbonyl (C=O) groups excluding carboxylic acids is 1. The molecule has 0 aliphatic carbocycles. The largest absolute Gasteiger partial charge is 0.494 e. The van der Waals surface area contributed by atoms with Crippen LogP contribution in [0, 0.1) is 0 Å². The van der Waals surface area contributed by atoms with Gasteiger partial charge >= 0.3 is 0 Å². The number of hydrazone groups is 1. The number of hydrogen-bond donors (Lipinski definition) is 1. The van der Waals surface area contributed by atoms with Crippen LogP contribution in [0.4, 0.5) is 0 Å². The average molecular weight is 358 g/mol. The summed E-state index contributed by atoms with van der Waals surface area (Å²) >= 11 is 0. The van der Waals surface area contributed by atoms with Crippen molar-refractivity contribution in [1.82, 2.24) is 5.43 Å². The summed E-state index contributed by atoms with van der Waals surface area (Å²) in [6.45, 7) is 4.43. The molecule has 136 valence electrons. The lowest BCUT2D eigenvalue weighted by atomic mass is 10.0. The first-order valence-corrected chi connectivity index (χ1v) is 8.90. The van der Waals surface area contributed by atoms with Crippen LogP contribution in [0.5, 0.6) is 5.75 Å². The molecule has 4 heteroatoms. The van der Waals surface area contributed by atoms with Crippen LogP contribution in [0.2, 0.25) is 0 Å². The monoisotopic (exact) mass is 358 g/mol. The van der Waals surface area contributed by atoms with Crippen molar-refractivity contribution in [2.75, 3.05) is 6.61 Å². The van der Waals surface area contributed by atoms with Crippen LogP contribution in [-0.4, -0.2) is 18.2 Å². The number of benzene rings is 3. The van der Waals surface area contributed by atoms with Gasteiger partial charge in [-0.05, 0) is 66.9 Å². The third-order valence-electron chi connectivity index (χ3n) is 4.16. The third-order valence-corrected chi connectivity index (χ3v) is 4.16. The van der Waals surface area contributed by atoms with Gasteiger partial charge in [-0.15, -0.1) is 0 Å². The molecule has 1 amide bonds. The minimum absolute atomic E-state index is 0.236. The molecule has 0 heterocycles. The van der Waals surface area contributed by atoms with E-state index in [-0.39, 0.29) is 5.91 Å². The number of carbonyl (C=O) groups is 1. The quantitative estimate of drug-likeness (QED) is 0.503. The summed E-state index contributed by atoms with van der Waals surface area (Å²) in [6.07, 6.45) is 0. The third kappa shape index (κ3) is 4.82. The number of amides is 1. The standard InChI is InChI=1S/C23H22N2O2/c1-3-27-22-15-13-18(14-16-22)17(2)24-25-23(26)21-11-9-20(10-12-21)19-7-5-4-6-8-19/h4-16H,3H2,1-2H3,(H,25,26). The van der Waals surface area contributed by atoms with E-state index in [0.717, 1.165) is 28.2 Å². The fraction of sp³-hybridized carbons (Fsp3) is 0.130. The molecule has 0 spiro atoms. The van der Waals surface area contributed by atoms with E-state index in [4.69, 9.17) is 4.74 Å². The summed E-state index contributed by atoms with van der Waals surface area (Å²) in [7, 11) is 0. The molecule has 0 saturated carbocycles. The van der Waals surface area contributed by atoms with Crippen molar-refractivity contribution in [3.63, 3.8) is 0 Å². The molecule has 3 aromatic rings. The van der Waals surface area contributed by atoms with E-state index in [2.05, 4.69) is 10.5 Å². The number of nitrogens with zero attached hydrogens (tertiary/aromatic N) is 1. The van der Waals surface area contributed by atoms with Gasteiger partial charge < -0.3 is 4.74 Å². The highest BCUT2D eigenvalue weighted by Gasteiger charge is 2.06. The van der Waals surface area contributed by atoms with Crippen LogP contribution >= 0.6 is 0 Å². The molecule has 0 fully saturated rings. The van der Waals surface area contributed by atoms with Crippen LogP contribution in [0.15, 0.2) is 84.0 Å². The maximum absolute atomic E-state index is 12.3. The first kappa shape index (κ1) is 18.4. The first-order valence-electron chi connectivity index (χ1n) is 8.90. The van der Waals surface area contributed by atoms with Crippen LogP contribution in [0.1, 0.15) is 29.8 Å². The van der Waals surface area contributed by atoms with Crippen LogP contribution in [-0.2, 0) is 0 Å². The predicted octanol–water partition coefficient (Wildman–Crippen LogP) is 4.91. The van der Waals surface area contributed by atoms with Gasteiger partial charge in [-0.25, -0.2) is 5.43 Å². The molecule has 0 atom stereocenters. The normalized spacial score (nSPS) is 11.1. The Morgan fingerprint density at radius 3 is 2.07 bits per heavy atom. The van der Waals surface area contributed by atoms with Crippen molar-refractivity contribution < 1.29 is 9.53 Å². The van der Waals surface area contributed by atoms with Crippen molar-refractivity contribution in [2.45, 2.75) is 13.8 Å². The maximum Gasteiger partial charge on any atom is 0.271 e. The number of nitrogens with one attached hydrogen (secondary N) is 1. The predicted molar refractivity (Wildman–Crippen MR) is 109 cm³/mol. The van der Waals surface area contributed by atoms with Gasteiger partial charge in [0, 0.05) is 5.56 Å². The second-order valence-corrected chi connectivity index (χ2v) is 6.04. The zero-order chi connectivity index (χ0) is 19.1. The van der Waals surface area contributed by atoms with Gasteiger partial charge in [-0.1, -0.05) is 42.5 Å². The van der Waals surface area contributed by atoms with Crippen molar-refractivity contribution in [3.8, 4) is 16.9 Å². The molecule has 0 aliphatic heterocycles. The smallest absolute Gasteiger partial charge is 0.271 e. The molecular formula is C23H22N2O2. The second-order valence-electron chi connectivity index (χ2n) is 6.04. The van der Waals surface area contributed by atoms with Crippen molar-refractivity contribution in [1.29, 1.82) is 0 Å². The van der Waals surface area contributed by atoms with E-state index >= 15 is 0 Å². The highest BCUT2D eigenvalue weighted by molar-refractivity contribution is 6.01. The molecule has 0 radical (unpaired) electrons. The van der Waals surface area contributed by atoms with Crippen molar-refractivity contribution >= 4 is 11.6 Å². The van der Waals surface area contributed by atoms with Crippen LogP contribution in [0.3, 0.4) is 0 Å². The van der Waals surface area contributed by atoms with Gasteiger partial charge in [-0.2, -0.15) is 5.10 Å². The van der Waals surface area contributed by atoms with Crippen molar-refractivity contribution in [3.05, 3.63) is 90.0 Å². The number of hydrogen-bond acceptors (Lipinski definition) is 3. The van der Waals surface area contributed by atoms with E-state index < -0.39 is 0 Å². The Bertz CT molecular complexity index is 915. The van der Waals surface area contributed by atoms with Gasteiger partial charge in [0.1, 0.15) is 5.75 Å². The highest BCUT2D eigenvalue weighted by atomic mass is 16.5. The SMILES string of the molecule is CCOc1ccc(C(C)=NNC(=O)c2ccc(-c3ccccc3)cc2)cc1. The topological polar surface area (TPSA) is 50.7 Å². The Kier molecular flexibility index (Phi) is 6.00. The second kappa shape index (κ2) is 8.81. The minimum Gasteiger partial charge on any atom is -0.494 e. The molecule has 3 aromatic carbocycles. The summed E-state index contributed by atoms with van der Waals surface area (Å²) in [5.41, 5.74) is 7.03. The maximum atomic E-state index is 12.3. The lowest BCUT2D eigenvalue weighted by Gasteiger charge is -2.06. The fourth-order valence-corrected chi connectivity index (χ4v) is 2.67.